The molecule has 0 aromatic heterocycles. The lowest BCUT2D eigenvalue weighted by molar-refractivity contribution is -0.124. The molecule has 0 amide bonds. The molecule has 130 valence electrons. The maximum absolute atomic E-state index is 11.7. The van der Waals surface area contributed by atoms with Gasteiger partial charge in [0, 0.05) is 11.5 Å². The minimum Gasteiger partial charge on any atom is -0.508 e. The predicted molar refractivity (Wildman–Crippen MR) is 94.4 cm³/mol. The van der Waals surface area contributed by atoms with Gasteiger partial charge in [-0.2, -0.15) is 0 Å². The van der Waals surface area contributed by atoms with Crippen molar-refractivity contribution in [1.82, 2.24) is 5.32 Å². The molecule has 1 saturated heterocycles. The van der Waals surface area contributed by atoms with E-state index in [4.69, 9.17) is 0 Å². The van der Waals surface area contributed by atoms with E-state index >= 15 is 0 Å². The molecule has 1 aromatic carbocycles. The van der Waals surface area contributed by atoms with Crippen LogP contribution < -0.4 is 5.32 Å². The van der Waals surface area contributed by atoms with E-state index in [0.29, 0.717) is 5.75 Å². The van der Waals surface area contributed by atoms with E-state index in [1.165, 1.54) is 42.4 Å². The van der Waals surface area contributed by atoms with Crippen molar-refractivity contribution < 1.29 is 10.2 Å². The molecular weight excluding hydrogens is 298 g/mol. The Hall–Kier alpha value is -1.06. The number of nitrogens with one attached hydrogen (secondary N) is 1. The second kappa shape index (κ2) is 5.22. The second-order valence-corrected chi connectivity index (χ2v) is 8.81. The van der Waals surface area contributed by atoms with Gasteiger partial charge in [0.05, 0.1) is 5.60 Å². The first-order valence-corrected chi connectivity index (χ1v) is 9.93. The number of aliphatic hydroxyl groups is 1. The molecule has 5 rings (SSSR count). The first-order valence-electron chi connectivity index (χ1n) is 9.93. The highest BCUT2D eigenvalue weighted by atomic mass is 16.3. The van der Waals surface area contributed by atoms with Crippen molar-refractivity contribution in [2.75, 3.05) is 6.54 Å². The van der Waals surface area contributed by atoms with Gasteiger partial charge in [0.25, 0.3) is 0 Å². The van der Waals surface area contributed by atoms with E-state index in [1.807, 2.05) is 12.1 Å². The molecule has 3 nitrogen and oxygen atoms in total. The van der Waals surface area contributed by atoms with E-state index in [9.17, 15) is 10.2 Å². The van der Waals surface area contributed by atoms with Crippen molar-refractivity contribution in [1.29, 1.82) is 0 Å². The zero-order chi connectivity index (χ0) is 16.4. The largest absolute Gasteiger partial charge is 0.508 e. The van der Waals surface area contributed by atoms with Crippen molar-refractivity contribution in [3.8, 4) is 5.75 Å². The molecule has 3 aliphatic carbocycles. The fourth-order valence-corrected chi connectivity index (χ4v) is 6.28. The third-order valence-corrected chi connectivity index (χ3v) is 7.74. The number of phenolic OH excluding ortho intramolecular Hbond substituents is 1. The summed E-state index contributed by atoms with van der Waals surface area (Å²) in [4.78, 5) is 0. The molecule has 4 aliphatic rings. The molecule has 0 radical (unpaired) electrons. The first-order chi connectivity index (χ1) is 11.6. The summed E-state index contributed by atoms with van der Waals surface area (Å²) in [7, 11) is 0. The van der Waals surface area contributed by atoms with Gasteiger partial charge in [-0.3, -0.25) is 0 Å². The third-order valence-electron chi connectivity index (χ3n) is 7.74. The molecular formula is C21H29NO2. The van der Waals surface area contributed by atoms with E-state index in [1.54, 1.807) is 0 Å². The van der Waals surface area contributed by atoms with Crippen LogP contribution in [0.5, 0.6) is 5.75 Å². The maximum Gasteiger partial charge on any atom is 0.116 e. The highest BCUT2D eigenvalue weighted by Crippen LogP contribution is 2.57. The van der Waals surface area contributed by atoms with Gasteiger partial charge in [-0.15, -0.1) is 0 Å². The SMILES string of the molecule is Oc1cc(CC2CCC2)c2c(c1)[C@@]13CCCCC1(O)[C@@H](C2)NCC3. The molecule has 3 atom stereocenters. The van der Waals surface area contributed by atoms with Gasteiger partial charge in [0.15, 0.2) is 0 Å². The Balaban J connectivity index is 1.66. The molecule has 1 unspecified atom stereocenters. The van der Waals surface area contributed by atoms with Gasteiger partial charge >= 0.3 is 0 Å². The number of hydrogen-bond acceptors (Lipinski definition) is 3. The standard InChI is InChI=1S/C21H29NO2/c23-16-11-15(10-14-4-3-5-14)17-13-19-21(24)7-2-1-6-20(21,8-9-22-19)18(17)12-16/h11-12,14,19,22-24H,1-10,13H2/t19-,20+,21?/m1/s1. The van der Waals surface area contributed by atoms with Crippen LogP contribution in [-0.4, -0.2) is 28.4 Å². The molecule has 0 spiro atoms. The minimum absolute atomic E-state index is 0.137. The van der Waals surface area contributed by atoms with Gasteiger partial charge < -0.3 is 15.5 Å². The summed E-state index contributed by atoms with van der Waals surface area (Å²) in [6.45, 7) is 0.986. The zero-order valence-corrected chi connectivity index (χ0v) is 14.5. The second-order valence-electron chi connectivity index (χ2n) is 8.81. The number of benzene rings is 1. The minimum atomic E-state index is -0.627. The van der Waals surface area contributed by atoms with E-state index in [2.05, 4.69) is 5.32 Å². The van der Waals surface area contributed by atoms with Crippen molar-refractivity contribution in [2.45, 2.75) is 81.3 Å². The highest BCUT2D eigenvalue weighted by Gasteiger charge is 2.61. The number of piperidine rings is 1. The van der Waals surface area contributed by atoms with Crippen LogP contribution in [0.3, 0.4) is 0 Å². The first kappa shape index (κ1) is 15.2. The molecule has 3 N–H and O–H groups in total. The Kier molecular flexibility index (Phi) is 3.31. The molecule has 3 heteroatoms. The lowest BCUT2D eigenvalue weighted by atomic mass is 9.49. The number of aromatic hydroxyl groups is 1. The Morgan fingerprint density at radius 3 is 2.71 bits per heavy atom. The normalized spacial score (nSPS) is 38.1. The summed E-state index contributed by atoms with van der Waals surface area (Å²) in [5.41, 5.74) is 3.33. The van der Waals surface area contributed by atoms with Crippen molar-refractivity contribution in [3.05, 3.63) is 28.8 Å². The van der Waals surface area contributed by atoms with Gasteiger partial charge in [0.1, 0.15) is 5.75 Å². The predicted octanol–water partition coefficient (Wildman–Crippen LogP) is 3.20. The van der Waals surface area contributed by atoms with Crippen LogP contribution in [0, 0.1) is 5.92 Å². The maximum atomic E-state index is 11.7. The van der Waals surface area contributed by atoms with E-state index in [-0.39, 0.29) is 11.5 Å². The Morgan fingerprint density at radius 2 is 1.92 bits per heavy atom. The molecule has 24 heavy (non-hydrogen) atoms. The average molecular weight is 327 g/mol. The molecule has 1 aliphatic heterocycles. The topological polar surface area (TPSA) is 52.5 Å². The van der Waals surface area contributed by atoms with Crippen LogP contribution in [0.1, 0.15) is 68.1 Å². The van der Waals surface area contributed by atoms with Crippen LogP contribution in [0.2, 0.25) is 0 Å². The molecule has 1 heterocycles. The van der Waals surface area contributed by atoms with Crippen molar-refractivity contribution >= 4 is 0 Å². The quantitative estimate of drug-likeness (QED) is 0.782. The van der Waals surface area contributed by atoms with Crippen LogP contribution in [0.4, 0.5) is 0 Å². The molecule has 1 aromatic rings. The van der Waals surface area contributed by atoms with Gasteiger partial charge in [-0.05, 0) is 73.4 Å². The van der Waals surface area contributed by atoms with E-state index < -0.39 is 5.60 Å². The lowest BCUT2D eigenvalue weighted by Crippen LogP contribution is -2.71. The summed E-state index contributed by atoms with van der Waals surface area (Å²) in [6, 6.07) is 4.19. The summed E-state index contributed by atoms with van der Waals surface area (Å²) < 4.78 is 0. The number of fused-ring (bicyclic) bond motifs is 1. The average Bonchev–Trinajstić information content (AvgIpc) is 2.51. The van der Waals surface area contributed by atoms with Gasteiger partial charge in [0.2, 0.25) is 0 Å². The fourth-order valence-electron chi connectivity index (χ4n) is 6.28. The lowest BCUT2D eigenvalue weighted by Gasteiger charge is -2.61. The Labute approximate surface area is 144 Å². The molecule has 3 fully saturated rings. The summed E-state index contributed by atoms with van der Waals surface area (Å²) in [5, 5.41) is 25.8. The van der Waals surface area contributed by atoms with Crippen LogP contribution in [0.15, 0.2) is 12.1 Å². The van der Waals surface area contributed by atoms with Crippen LogP contribution >= 0.6 is 0 Å². The number of hydrogen-bond donors (Lipinski definition) is 3. The zero-order valence-electron chi connectivity index (χ0n) is 14.5. The fraction of sp³-hybridized carbons (Fsp3) is 0.714. The number of phenols is 1. The highest BCUT2D eigenvalue weighted by molar-refractivity contribution is 5.52. The van der Waals surface area contributed by atoms with Crippen molar-refractivity contribution in [2.24, 2.45) is 5.92 Å². The molecule has 2 saturated carbocycles. The summed E-state index contributed by atoms with van der Waals surface area (Å²) in [6.07, 6.45) is 11.4. The van der Waals surface area contributed by atoms with Crippen LogP contribution in [-0.2, 0) is 18.3 Å². The van der Waals surface area contributed by atoms with Crippen molar-refractivity contribution in [3.63, 3.8) is 0 Å². The summed E-state index contributed by atoms with van der Waals surface area (Å²) in [5.74, 6) is 1.20. The smallest absolute Gasteiger partial charge is 0.116 e. The number of rotatable bonds is 2. The van der Waals surface area contributed by atoms with Gasteiger partial charge in [-0.25, -0.2) is 0 Å². The van der Waals surface area contributed by atoms with Crippen LogP contribution in [0.25, 0.3) is 0 Å². The third kappa shape index (κ3) is 1.91. The monoisotopic (exact) mass is 327 g/mol. The molecule has 2 bridgehead atoms. The van der Waals surface area contributed by atoms with E-state index in [0.717, 1.165) is 51.0 Å². The summed E-state index contributed by atoms with van der Waals surface area (Å²) >= 11 is 0. The Bertz CT molecular complexity index is 664. The van der Waals surface area contributed by atoms with Gasteiger partial charge in [-0.1, -0.05) is 32.1 Å². The Morgan fingerprint density at radius 1 is 1.08 bits per heavy atom.